The second-order valence-corrected chi connectivity index (χ2v) is 9.54. The molecule has 2 atom stereocenters. The van der Waals surface area contributed by atoms with Crippen LogP contribution in [0.2, 0.25) is 0 Å². The van der Waals surface area contributed by atoms with Crippen LogP contribution in [0.25, 0.3) is 0 Å². The summed E-state index contributed by atoms with van der Waals surface area (Å²) < 4.78 is 22.2. The molecule has 2 rings (SSSR count). The first-order valence-corrected chi connectivity index (χ1v) is 12.1. The first kappa shape index (κ1) is 30.7. The Bertz CT molecular complexity index is 804. The Morgan fingerprint density at radius 1 is 0.757 bits per heavy atom. The van der Waals surface area contributed by atoms with E-state index < -0.39 is 29.4 Å². The molecule has 0 aromatic rings. The van der Waals surface area contributed by atoms with Crippen molar-refractivity contribution < 1.29 is 48.3 Å². The fraction of sp³-hybridized carbons (Fsp3) is 0.680. The van der Waals surface area contributed by atoms with E-state index in [0.29, 0.717) is 0 Å². The van der Waals surface area contributed by atoms with E-state index in [1.54, 1.807) is 0 Å². The summed E-state index contributed by atoms with van der Waals surface area (Å²) in [5.74, 6) is -1.67. The summed E-state index contributed by atoms with van der Waals surface area (Å²) >= 11 is 0. The van der Waals surface area contributed by atoms with Crippen molar-refractivity contribution in [1.29, 1.82) is 0 Å². The van der Waals surface area contributed by atoms with Crippen molar-refractivity contribution in [2.24, 2.45) is 5.41 Å². The maximum atomic E-state index is 11.9. The van der Waals surface area contributed by atoms with Gasteiger partial charge in [0.05, 0.1) is 70.0 Å². The number of β-amino-alcohol motifs (C(OH)–C–C–N with tert-alkyl or cyclic N) is 2. The molecule has 2 aliphatic heterocycles. The molecule has 2 fully saturated rings. The quantitative estimate of drug-likeness (QED) is 0.135. The smallest absolute Gasteiger partial charge is 0.256 e. The number of likely N-dealkylation sites (tertiary alicyclic amines) is 2. The van der Waals surface area contributed by atoms with E-state index >= 15 is 0 Å². The highest BCUT2D eigenvalue weighted by Crippen LogP contribution is 2.22. The topological polar surface area (TPSA) is 152 Å². The molecule has 12 nitrogen and oxygen atoms in total. The Morgan fingerprint density at radius 3 is 1.43 bits per heavy atom. The maximum absolute atomic E-state index is 11.9. The van der Waals surface area contributed by atoms with Crippen LogP contribution in [0.1, 0.15) is 25.7 Å². The average molecular weight is 527 g/mol. The molecule has 0 aromatic carbocycles. The van der Waals surface area contributed by atoms with E-state index in [1.807, 2.05) is 0 Å². The zero-order valence-electron chi connectivity index (χ0n) is 21.6. The highest BCUT2D eigenvalue weighted by Gasteiger charge is 2.35. The SMILES string of the molecule is C=C1CC(=O)N(CC(O)CCOCC(COC)(COC)COCCC(O)CN2C(=O)CC(=C)C2=O)C1=O. The molecule has 0 aliphatic carbocycles. The highest BCUT2D eigenvalue weighted by atomic mass is 16.5. The number of hydrogen-bond donors (Lipinski definition) is 2. The minimum Gasteiger partial charge on any atom is -0.391 e. The zero-order valence-corrected chi connectivity index (χ0v) is 21.6. The zero-order chi connectivity index (χ0) is 27.6. The molecule has 2 heterocycles. The third-order valence-corrected chi connectivity index (χ3v) is 6.12. The summed E-state index contributed by atoms with van der Waals surface area (Å²) in [6.45, 7) is 8.07. The number of methoxy groups -OCH3 is 2. The molecule has 208 valence electrons. The number of aliphatic hydroxyl groups excluding tert-OH is 2. The van der Waals surface area contributed by atoms with Gasteiger partial charge < -0.3 is 29.2 Å². The summed E-state index contributed by atoms with van der Waals surface area (Å²) in [5.41, 5.74) is -0.237. The van der Waals surface area contributed by atoms with E-state index in [-0.39, 0.29) is 101 Å². The van der Waals surface area contributed by atoms with Gasteiger partial charge in [-0.1, -0.05) is 13.2 Å². The van der Waals surface area contributed by atoms with E-state index in [0.717, 1.165) is 9.80 Å². The number of rotatable bonds is 18. The van der Waals surface area contributed by atoms with Gasteiger partial charge in [0.25, 0.3) is 11.8 Å². The molecule has 0 bridgehead atoms. The van der Waals surface area contributed by atoms with Crippen LogP contribution in [0.5, 0.6) is 0 Å². The van der Waals surface area contributed by atoms with Gasteiger partial charge in [-0.05, 0) is 12.8 Å². The lowest BCUT2D eigenvalue weighted by molar-refractivity contribution is -0.140. The first-order valence-electron chi connectivity index (χ1n) is 12.1. The standard InChI is InChI=1S/C25H38N2O10/c1-17-9-21(30)26(23(17)32)11-19(28)5-7-36-15-25(13-34-3,14-35-4)16-37-8-6-20(29)12-27-22(31)10-18(2)24(27)33/h19-20,28-29H,1-2,5-16H2,3-4H3. The molecular formula is C25H38N2O10. The number of hydrogen-bond acceptors (Lipinski definition) is 10. The van der Waals surface area contributed by atoms with E-state index in [1.165, 1.54) is 14.2 Å². The van der Waals surface area contributed by atoms with Crippen molar-refractivity contribution in [1.82, 2.24) is 9.80 Å². The van der Waals surface area contributed by atoms with Gasteiger partial charge in [0.15, 0.2) is 0 Å². The molecule has 0 spiro atoms. The van der Waals surface area contributed by atoms with Gasteiger partial charge in [0, 0.05) is 38.6 Å². The van der Waals surface area contributed by atoms with Gasteiger partial charge in [-0.15, -0.1) is 0 Å². The second-order valence-electron chi connectivity index (χ2n) is 9.54. The Morgan fingerprint density at radius 2 is 1.14 bits per heavy atom. The van der Waals surface area contributed by atoms with Gasteiger partial charge in [0.1, 0.15) is 0 Å². The molecule has 2 unspecified atom stereocenters. The molecular weight excluding hydrogens is 488 g/mol. The van der Waals surface area contributed by atoms with Crippen LogP contribution in [-0.4, -0.2) is 123 Å². The third kappa shape index (κ3) is 8.80. The number of nitrogens with zero attached hydrogens (tertiary/aromatic N) is 2. The fourth-order valence-electron chi connectivity index (χ4n) is 4.17. The van der Waals surface area contributed by atoms with Crippen LogP contribution in [-0.2, 0) is 38.1 Å². The minimum atomic E-state index is -0.942. The summed E-state index contributed by atoms with van der Waals surface area (Å²) in [4.78, 5) is 49.5. The van der Waals surface area contributed by atoms with Crippen molar-refractivity contribution in [3.63, 3.8) is 0 Å². The monoisotopic (exact) mass is 526 g/mol. The largest absolute Gasteiger partial charge is 0.391 e. The summed E-state index contributed by atoms with van der Waals surface area (Å²) in [6.07, 6.45) is -1.54. The molecule has 4 amide bonds. The first-order chi connectivity index (χ1) is 17.5. The van der Waals surface area contributed by atoms with Crippen molar-refractivity contribution >= 4 is 23.6 Å². The number of amides is 4. The molecule has 2 N–H and O–H groups in total. The summed E-state index contributed by atoms with van der Waals surface area (Å²) in [6, 6.07) is 0. The molecule has 0 saturated carbocycles. The Kier molecular flexibility index (Phi) is 12.0. The van der Waals surface area contributed by atoms with Gasteiger partial charge in [0.2, 0.25) is 11.8 Å². The fourth-order valence-corrected chi connectivity index (χ4v) is 4.17. The molecule has 0 aromatic heterocycles. The molecule has 2 aliphatic rings. The number of aliphatic hydroxyl groups is 2. The van der Waals surface area contributed by atoms with Gasteiger partial charge >= 0.3 is 0 Å². The number of carbonyl (C=O) groups is 4. The van der Waals surface area contributed by atoms with Crippen LogP contribution in [0.3, 0.4) is 0 Å². The molecule has 12 heteroatoms. The van der Waals surface area contributed by atoms with Crippen molar-refractivity contribution in [3.8, 4) is 0 Å². The second kappa shape index (κ2) is 14.5. The molecule has 37 heavy (non-hydrogen) atoms. The average Bonchev–Trinajstić information content (AvgIpc) is 3.22. The Labute approximate surface area is 216 Å². The molecule has 0 radical (unpaired) electrons. The Hall–Kier alpha value is -2.48. The predicted octanol–water partition coefficient (Wildman–Crippen LogP) is -0.569. The number of imide groups is 2. The molecule has 2 saturated heterocycles. The number of ether oxygens (including phenoxy) is 4. The van der Waals surface area contributed by atoms with Crippen LogP contribution < -0.4 is 0 Å². The van der Waals surface area contributed by atoms with Crippen LogP contribution in [0.4, 0.5) is 0 Å². The van der Waals surface area contributed by atoms with Crippen LogP contribution in [0.15, 0.2) is 24.3 Å². The van der Waals surface area contributed by atoms with Crippen molar-refractivity contribution in [2.45, 2.75) is 37.9 Å². The van der Waals surface area contributed by atoms with Crippen molar-refractivity contribution in [2.75, 3.05) is 67.0 Å². The predicted molar refractivity (Wildman–Crippen MR) is 130 cm³/mol. The van der Waals surface area contributed by atoms with Gasteiger partial charge in [-0.25, -0.2) is 0 Å². The maximum Gasteiger partial charge on any atom is 0.256 e. The normalized spacial score (nSPS) is 18.5. The highest BCUT2D eigenvalue weighted by molar-refractivity contribution is 6.13. The lowest BCUT2D eigenvalue weighted by Crippen LogP contribution is -2.42. The lowest BCUT2D eigenvalue weighted by atomic mass is 9.92. The summed E-state index contributed by atoms with van der Waals surface area (Å²) in [5, 5.41) is 20.5. The van der Waals surface area contributed by atoms with Gasteiger partial charge in [-0.2, -0.15) is 0 Å². The summed E-state index contributed by atoms with van der Waals surface area (Å²) in [7, 11) is 3.07. The van der Waals surface area contributed by atoms with E-state index in [2.05, 4.69) is 13.2 Å². The van der Waals surface area contributed by atoms with Gasteiger partial charge in [-0.3, -0.25) is 29.0 Å². The Balaban J connectivity index is 1.76. The van der Waals surface area contributed by atoms with Crippen LogP contribution in [0, 0.1) is 5.41 Å². The van der Waals surface area contributed by atoms with Crippen molar-refractivity contribution in [3.05, 3.63) is 24.3 Å². The lowest BCUT2D eigenvalue weighted by Gasteiger charge is -2.32. The van der Waals surface area contributed by atoms with Crippen LogP contribution >= 0.6 is 0 Å². The third-order valence-electron chi connectivity index (χ3n) is 6.12. The van der Waals surface area contributed by atoms with E-state index in [9.17, 15) is 29.4 Å². The van der Waals surface area contributed by atoms with E-state index in [4.69, 9.17) is 18.9 Å². The minimum absolute atomic E-state index is 0.0279. The number of carbonyl (C=O) groups excluding carboxylic acids is 4.